The summed E-state index contributed by atoms with van der Waals surface area (Å²) in [6.07, 6.45) is 7.16. The van der Waals surface area contributed by atoms with E-state index in [0.29, 0.717) is 0 Å². The Kier molecular flexibility index (Phi) is 4.79. The summed E-state index contributed by atoms with van der Waals surface area (Å²) in [5, 5.41) is 0. The minimum Gasteiger partial charge on any atom is -0.301 e. The Hall–Kier alpha value is -0.0400. The van der Waals surface area contributed by atoms with Crippen LogP contribution in [0.3, 0.4) is 0 Å². The van der Waals surface area contributed by atoms with Crippen LogP contribution in [0.1, 0.15) is 52.9 Å². The molecule has 0 unspecified atom stereocenters. The molecule has 1 fully saturated rings. The van der Waals surface area contributed by atoms with E-state index in [1.54, 1.807) is 0 Å². The third kappa shape index (κ3) is 3.68. The maximum absolute atomic E-state index is 2.61. The van der Waals surface area contributed by atoms with E-state index in [-0.39, 0.29) is 0 Å². The maximum atomic E-state index is 2.61. The van der Waals surface area contributed by atoms with Crippen molar-refractivity contribution in [3.05, 3.63) is 0 Å². The lowest BCUT2D eigenvalue weighted by Gasteiger charge is -2.34. The Morgan fingerprint density at radius 3 is 2.31 bits per heavy atom. The summed E-state index contributed by atoms with van der Waals surface area (Å²) >= 11 is 0. The first-order chi connectivity index (χ1) is 6.24. The van der Waals surface area contributed by atoms with Crippen LogP contribution < -0.4 is 0 Å². The molecule has 1 rings (SSSR count). The number of rotatable bonds is 4. The fourth-order valence-corrected chi connectivity index (χ4v) is 2.25. The number of likely N-dealkylation sites (tertiary alicyclic amines) is 1. The van der Waals surface area contributed by atoms with Gasteiger partial charge in [0.25, 0.3) is 0 Å². The average Bonchev–Trinajstić information content (AvgIpc) is 2.15. The molecule has 1 heterocycles. The Bertz CT molecular complexity index is 123. The van der Waals surface area contributed by atoms with E-state index in [1.807, 2.05) is 0 Å². The second kappa shape index (κ2) is 5.64. The first-order valence-corrected chi connectivity index (χ1v) is 5.98. The second-order valence-corrected chi connectivity index (χ2v) is 4.72. The molecular formula is C12H25N. The first kappa shape index (κ1) is 11.0. The van der Waals surface area contributed by atoms with Crippen LogP contribution in [0.5, 0.6) is 0 Å². The molecule has 0 aromatic heterocycles. The predicted octanol–water partition coefficient (Wildman–Crippen LogP) is 3.30. The molecule has 1 nitrogen and oxygen atoms in total. The molecule has 1 saturated heterocycles. The highest BCUT2D eigenvalue weighted by Gasteiger charge is 2.19. The van der Waals surface area contributed by atoms with E-state index in [4.69, 9.17) is 0 Å². The van der Waals surface area contributed by atoms with Crippen LogP contribution in [0.25, 0.3) is 0 Å². The predicted molar refractivity (Wildman–Crippen MR) is 59.0 cm³/mol. The van der Waals surface area contributed by atoms with Crippen molar-refractivity contribution in [1.29, 1.82) is 0 Å². The zero-order valence-electron chi connectivity index (χ0n) is 9.55. The molecule has 0 radical (unpaired) electrons. The summed E-state index contributed by atoms with van der Waals surface area (Å²) in [5.74, 6) is 1.04. The quantitative estimate of drug-likeness (QED) is 0.646. The van der Waals surface area contributed by atoms with Gasteiger partial charge in [0.05, 0.1) is 0 Å². The summed E-state index contributed by atoms with van der Waals surface area (Å²) in [5.41, 5.74) is 0. The Balaban J connectivity index is 2.15. The van der Waals surface area contributed by atoms with Gasteiger partial charge in [-0.15, -0.1) is 0 Å². The van der Waals surface area contributed by atoms with Crippen molar-refractivity contribution in [2.45, 2.75) is 58.9 Å². The highest BCUT2D eigenvalue weighted by Crippen LogP contribution is 2.23. The number of unbranched alkanes of at least 4 members (excludes halogenated alkanes) is 1. The van der Waals surface area contributed by atoms with E-state index in [1.165, 1.54) is 45.2 Å². The second-order valence-electron chi connectivity index (χ2n) is 4.72. The van der Waals surface area contributed by atoms with Crippen LogP contribution in [-0.4, -0.2) is 24.0 Å². The van der Waals surface area contributed by atoms with Gasteiger partial charge >= 0.3 is 0 Å². The molecule has 0 saturated carbocycles. The Morgan fingerprint density at radius 1 is 1.23 bits per heavy atom. The van der Waals surface area contributed by atoms with Crippen molar-refractivity contribution in [1.82, 2.24) is 4.90 Å². The largest absolute Gasteiger partial charge is 0.301 e. The molecule has 0 spiro atoms. The number of hydrogen-bond donors (Lipinski definition) is 0. The number of nitrogens with zero attached hydrogens (tertiary/aromatic N) is 1. The third-order valence-corrected chi connectivity index (χ3v) is 3.35. The van der Waals surface area contributed by atoms with Gasteiger partial charge in [-0.1, -0.05) is 26.2 Å². The molecule has 13 heavy (non-hydrogen) atoms. The molecule has 0 aromatic rings. The van der Waals surface area contributed by atoms with Gasteiger partial charge in [0.1, 0.15) is 0 Å². The maximum Gasteiger partial charge on any atom is 0.00385 e. The Labute approximate surface area is 83.5 Å². The van der Waals surface area contributed by atoms with Crippen molar-refractivity contribution < 1.29 is 0 Å². The van der Waals surface area contributed by atoms with Crippen molar-refractivity contribution in [3.8, 4) is 0 Å². The summed E-state index contributed by atoms with van der Waals surface area (Å²) in [6.45, 7) is 9.60. The van der Waals surface area contributed by atoms with Gasteiger partial charge in [-0.3, -0.25) is 0 Å². The zero-order chi connectivity index (χ0) is 9.68. The fraction of sp³-hybridized carbons (Fsp3) is 1.00. The monoisotopic (exact) mass is 183 g/mol. The molecule has 0 amide bonds. The SMILES string of the molecule is CCCCC1CCN(C(C)C)CC1. The highest BCUT2D eigenvalue weighted by molar-refractivity contribution is 4.74. The van der Waals surface area contributed by atoms with Crippen molar-refractivity contribution in [2.24, 2.45) is 5.92 Å². The van der Waals surface area contributed by atoms with Crippen LogP contribution in [-0.2, 0) is 0 Å². The van der Waals surface area contributed by atoms with Crippen LogP contribution in [0.4, 0.5) is 0 Å². The van der Waals surface area contributed by atoms with E-state index in [0.717, 1.165) is 12.0 Å². The molecule has 0 aromatic carbocycles. The minimum absolute atomic E-state index is 0.757. The molecule has 78 valence electrons. The molecule has 1 aliphatic heterocycles. The van der Waals surface area contributed by atoms with E-state index in [2.05, 4.69) is 25.7 Å². The van der Waals surface area contributed by atoms with Crippen molar-refractivity contribution in [2.75, 3.05) is 13.1 Å². The van der Waals surface area contributed by atoms with Crippen LogP contribution in [0, 0.1) is 5.92 Å². The molecule has 0 aliphatic carbocycles. The summed E-state index contributed by atoms with van der Waals surface area (Å²) < 4.78 is 0. The van der Waals surface area contributed by atoms with Crippen molar-refractivity contribution in [3.63, 3.8) is 0 Å². The molecule has 0 N–H and O–H groups in total. The van der Waals surface area contributed by atoms with Gasteiger partial charge in [-0.05, 0) is 45.7 Å². The summed E-state index contributed by atoms with van der Waals surface area (Å²) in [6, 6.07) is 0.757. The molecule has 0 atom stereocenters. The van der Waals surface area contributed by atoms with Gasteiger partial charge in [0.2, 0.25) is 0 Å². The Morgan fingerprint density at radius 2 is 1.85 bits per heavy atom. The summed E-state index contributed by atoms with van der Waals surface area (Å²) in [7, 11) is 0. The van der Waals surface area contributed by atoms with Crippen LogP contribution in [0.15, 0.2) is 0 Å². The number of piperidine rings is 1. The lowest BCUT2D eigenvalue weighted by atomic mass is 9.91. The van der Waals surface area contributed by atoms with Crippen LogP contribution in [0.2, 0.25) is 0 Å². The smallest absolute Gasteiger partial charge is 0.00385 e. The van der Waals surface area contributed by atoms with Gasteiger partial charge in [0, 0.05) is 6.04 Å². The van der Waals surface area contributed by atoms with Gasteiger partial charge < -0.3 is 4.90 Å². The normalized spacial score (nSPS) is 21.2. The van der Waals surface area contributed by atoms with E-state index < -0.39 is 0 Å². The van der Waals surface area contributed by atoms with E-state index in [9.17, 15) is 0 Å². The molecule has 1 heteroatoms. The molecule has 1 aliphatic rings. The van der Waals surface area contributed by atoms with Gasteiger partial charge in [-0.2, -0.15) is 0 Å². The first-order valence-electron chi connectivity index (χ1n) is 5.98. The number of hydrogen-bond acceptors (Lipinski definition) is 1. The lowest BCUT2D eigenvalue weighted by molar-refractivity contribution is 0.144. The zero-order valence-corrected chi connectivity index (χ0v) is 9.55. The topological polar surface area (TPSA) is 3.24 Å². The van der Waals surface area contributed by atoms with E-state index >= 15 is 0 Å². The standard InChI is InChI=1S/C12H25N/c1-4-5-6-12-7-9-13(10-8-12)11(2)3/h11-12H,4-10H2,1-3H3. The highest BCUT2D eigenvalue weighted by atomic mass is 15.1. The minimum atomic E-state index is 0.757. The molecular weight excluding hydrogens is 158 g/mol. The van der Waals surface area contributed by atoms with Crippen molar-refractivity contribution >= 4 is 0 Å². The lowest BCUT2D eigenvalue weighted by Crippen LogP contribution is -2.38. The van der Waals surface area contributed by atoms with Crippen LogP contribution >= 0.6 is 0 Å². The fourth-order valence-electron chi connectivity index (χ4n) is 2.25. The van der Waals surface area contributed by atoms with Gasteiger partial charge in [0.15, 0.2) is 0 Å². The summed E-state index contributed by atoms with van der Waals surface area (Å²) in [4.78, 5) is 2.61. The average molecular weight is 183 g/mol. The third-order valence-electron chi connectivity index (χ3n) is 3.35. The molecule has 0 bridgehead atoms. The van der Waals surface area contributed by atoms with Gasteiger partial charge in [-0.25, -0.2) is 0 Å².